The molecule has 0 amide bonds. The molecule has 0 radical (unpaired) electrons. The second-order valence-electron chi connectivity index (χ2n) is 5.79. The van der Waals surface area contributed by atoms with Crippen LogP contribution in [0.15, 0.2) is 29.3 Å². The van der Waals surface area contributed by atoms with Crippen LogP contribution in [0.1, 0.15) is 18.9 Å². The first-order chi connectivity index (χ1) is 11.4. The summed E-state index contributed by atoms with van der Waals surface area (Å²) in [5.41, 5.74) is 1.10. The van der Waals surface area contributed by atoms with Crippen LogP contribution >= 0.6 is 35.6 Å². The van der Waals surface area contributed by atoms with E-state index in [-0.39, 0.29) is 29.7 Å². The van der Waals surface area contributed by atoms with E-state index in [1.165, 1.54) is 4.31 Å². The minimum absolute atomic E-state index is 0. The number of hydrogen-bond donors (Lipinski definition) is 1. The van der Waals surface area contributed by atoms with Crippen molar-refractivity contribution >= 4 is 51.6 Å². The number of halogens is 2. The Labute approximate surface area is 172 Å². The Bertz CT molecular complexity index is 684. The monoisotopic (exact) mass is 500 g/mol. The van der Waals surface area contributed by atoms with E-state index in [9.17, 15) is 8.42 Å². The Morgan fingerprint density at radius 1 is 1.44 bits per heavy atom. The molecule has 0 aromatic heterocycles. The van der Waals surface area contributed by atoms with Crippen LogP contribution in [0.4, 0.5) is 0 Å². The van der Waals surface area contributed by atoms with Gasteiger partial charge in [-0.2, -0.15) is 0 Å². The van der Waals surface area contributed by atoms with Crippen LogP contribution in [0.5, 0.6) is 0 Å². The number of aliphatic imine (C=N–C) groups is 1. The Balaban J connectivity index is 0.00000312. The summed E-state index contributed by atoms with van der Waals surface area (Å²) in [6, 6.07) is 7.72. The zero-order valence-corrected chi connectivity index (χ0v) is 18.5. The van der Waals surface area contributed by atoms with Gasteiger partial charge >= 0.3 is 0 Å². The van der Waals surface area contributed by atoms with Crippen molar-refractivity contribution in [3.63, 3.8) is 0 Å². The average molecular weight is 501 g/mol. The van der Waals surface area contributed by atoms with E-state index in [2.05, 4.69) is 10.3 Å². The zero-order chi connectivity index (χ0) is 17.6. The van der Waals surface area contributed by atoms with Gasteiger partial charge in [-0.1, -0.05) is 23.7 Å². The van der Waals surface area contributed by atoms with Gasteiger partial charge in [-0.3, -0.25) is 4.99 Å². The predicted molar refractivity (Wildman–Crippen MR) is 114 cm³/mol. The first-order valence-corrected chi connectivity index (χ1v) is 10.1. The molecule has 1 N–H and O–H groups in total. The molecule has 0 bridgehead atoms. The van der Waals surface area contributed by atoms with Crippen LogP contribution in [-0.2, 0) is 16.6 Å². The Morgan fingerprint density at radius 2 is 2.20 bits per heavy atom. The molecule has 0 saturated carbocycles. The summed E-state index contributed by atoms with van der Waals surface area (Å²) in [7, 11) is -1.10. The van der Waals surface area contributed by atoms with Gasteiger partial charge in [-0.25, -0.2) is 12.7 Å². The third-order valence-corrected chi connectivity index (χ3v) is 6.01. The van der Waals surface area contributed by atoms with Crippen molar-refractivity contribution in [2.75, 3.05) is 39.0 Å². The van der Waals surface area contributed by atoms with Gasteiger partial charge in [-0.05, 0) is 31.0 Å². The molecule has 2 rings (SSSR count). The molecule has 1 aliphatic rings. The summed E-state index contributed by atoms with van der Waals surface area (Å²) in [5.74, 6) is 1.01. The van der Waals surface area contributed by atoms with Gasteiger partial charge in [-0.15, -0.1) is 24.0 Å². The lowest BCUT2D eigenvalue weighted by Crippen LogP contribution is -2.39. The number of guanidine groups is 1. The van der Waals surface area contributed by atoms with Gasteiger partial charge in [0.25, 0.3) is 0 Å². The lowest BCUT2D eigenvalue weighted by atomic mass is 10.2. The van der Waals surface area contributed by atoms with Crippen LogP contribution in [0.2, 0.25) is 5.02 Å². The Kier molecular flexibility index (Phi) is 9.47. The highest BCUT2D eigenvalue weighted by molar-refractivity contribution is 14.0. The first-order valence-electron chi connectivity index (χ1n) is 8.14. The van der Waals surface area contributed by atoms with Crippen LogP contribution in [-0.4, -0.2) is 62.6 Å². The fourth-order valence-corrected chi connectivity index (χ4v) is 4.40. The van der Waals surface area contributed by atoms with Crippen molar-refractivity contribution in [3.05, 3.63) is 34.9 Å². The molecule has 1 fully saturated rings. The molecule has 9 heteroatoms. The predicted octanol–water partition coefficient (Wildman–Crippen LogP) is 2.39. The Morgan fingerprint density at radius 3 is 2.80 bits per heavy atom. The largest absolute Gasteiger partial charge is 0.357 e. The minimum atomic E-state index is -3.06. The summed E-state index contributed by atoms with van der Waals surface area (Å²) in [5, 5.41) is 3.95. The second-order valence-corrected chi connectivity index (χ2v) is 8.32. The van der Waals surface area contributed by atoms with Crippen molar-refractivity contribution < 1.29 is 8.42 Å². The molecule has 0 aliphatic carbocycles. The highest BCUT2D eigenvalue weighted by atomic mass is 127. The maximum atomic E-state index is 11.8. The van der Waals surface area contributed by atoms with E-state index in [4.69, 9.17) is 11.6 Å². The van der Waals surface area contributed by atoms with Crippen LogP contribution in [0, 0.1) is 0 Å². The van der Waals surface area contributed by atoms with Crippen molar-refractivity contribution in [1.82, 2.24) is 14.5 Å². The molecular formula is C16H26ClIN4O2S. The van der Waals surface area contributed by atoms with Gasteiger partial charge in [0.2, 0.25) is 10.0 Å². The smallest absolute Gasteiger partial charge is 0.214 e. The van der Waals surface area contributed by atoms with E-state index in [0.717, 1.165) is 18.1 Å². The molecule has 1 aliphatic heterocycles. The summed E-state index contributed by atoms with van der Waals surface area (Å²) < 4.78 is 25.1. The highest BCUT2D eigenvalue weighted by Crippen LogP contribution is 2.13. The van der Waals surface area contributed by atoms with E-state index < -0.39 is 10.0 Å². The third-order valence-electron chi connectivity index (χ3n) is 3.82. The molecule has 1 saturated heterocycles. The van der Waals surface area contributed by atoms with Crippen molar-refractivity contribution in [2.45, 2.75) is 19.9 Å². The van der Waals surface area contributed by atoms with Gasteiger partial charge in [0, 0.05) is 38.2 Å². The lowest BCUT2D eigenvalue weighted by Gasteiger charge is -2.22. The summed E-state index contributed by atoms with van der Waals surface area (Å²) >= 11 is 6.03. The second kappa shape index (κ2) is 10.5. The lowest BCUT2D eigenvalue weighted by molar-refractivity contribution is 0.445. The molecule has 0 atom stereocenters. The molecule has 1 heterocycles. The molecular weight excluding hydrogens is 475 g/mol. The van der Waals surface area contributed by atoms with Crippen molar-refractivity contribution in [1.29, 1.82) is 0 Å². The third kappa shape index (κ3) is 6.92. The topological polar surface area (TPSA) is 65.0 Å². The molecule has 1 aromatic carbocycles. The van der Waals surface area contributed by atoms with Crippen molar-refractivity contribution in [2.24, 2.45) is 4.99 Å². The number of sulfonamides is 1. The number of nitrogens with one attached hydrogen (secondary N) is 1. The maximum absolute atomic E-state index is 11.8. The number of rotatable bonds is 6. The SMILES string of the molecule is CCNC(=NCCN1CCCS1(=O)=O)N(C)Cc1cccc(Cl)c1.I. The van der Waals surface area contributed by atoms with Gasteiger partial charge in [0.15, 0.2) is 5.96 Å². The van der Waals surface area contributed by atoms with Crippen LogP contribution in [0.25, 0.3) is 0 Å². The molecule has 0 unspecified atom stereocenters. The summed E-state index contributed by atoms with van der Waals surface area (Å²) in [4.78, 5) is 6.56. The van der Waals surface area contributed by atoms with E-state index in [0.29, 0.717) is 37.6 Å². The maximum Gasteiger partial charge on any atom is 0.214 e. The fraction of sp³-hybridized carbons (Fsp3) is 0.562. The average Bonchev–Trinajstić information content (AvgIpc) is 2.85. The van der Waals surface area contributed by atoms with Gasteiger partial charge in [0.1, 0.15) is 0 Å². The van der Waals surface area contributed by atoms with Crippen LogP contribution < -0.4 is 5.32 Å². The quantitative estimate of drug-likeness (QED) is 0.370. The van der Waals surface area contributed by atoms with E-state index in [1.807, 2.05) is 43.1 Å². The number of hydrogen-bond acceptors (Lipinski definition) is 3. The fourth-order valence-electron chi connectivity index (χ4n) is 2.66. The van der Waals surface area contributed by atoms with E-state index in [1.54, 1.807) is 0 Å². The minimum Gasteiger partial charge on any atom is -0.357 e. The van der Waals surface area contributed by atoms with Crippen LogP contribution in [0.3, 0.4) is 0 Å². The highest BCUT2D eigenvalue weighted by Gasteiger charge is 2.27. The molecule has 6 nitrogen and oxygen atoms in total. The summed E-state index contributed by atoms with van der Waals surface area (Å²) in [6.45, 7) is 4.92. The van der Waals surface area contributed by atoms with Gasteiger partial charge in [0.05, 0.1) is 12.3 Å². The molecule has 25 heavy (non-hydrogen) atoms. The summed E-state index contributed by atoms with van der Waals surface area (Å²) in [6.07, 6.45) is 0.709. The number of nitrogens with zero attached hydrogens (tertiary/aromatic N) is 3. The molecule has 1 aromatic rings. The van der Waals surface area contributed by atoms with Gasteiger partial charge < -0.3 is 10.2 Å². The Hall–Kier alpha value is -0.580. The standard InChI is InChI=1S/C16H25ClN4O2S.HI/c1-3-18-16(19-8-10-21-9-5-11-24(21,22)23)20(2)13-14-6-4-7-15(17)12-14;/h4,6-7,12H,3,5,8-11,13H2,1-2H3,(H,18,19);1H. The van der Waals surface area contributed by atoms with Crippen molar-refractivity contribution in [3.8, 4) is 0 Å². The number of benzene rings is 1. The molecule has 0 spiro atoms. The normalized spacial score (nSPS) is 17.2. The molecule has 142 valence electrons. The first kappa shape index (κ1) is 22.5. The van der Waals surface area contributed by atoms with E-state index >= 15 is 0 Å². The zero-order valence-electron chi connectivity index (χ0n) is 14.6.